The van der Waals surface area contributed by atoms with Gasteiger partial charge in [0, 0.05) is 13.1 Å². The van der Waals surface area contributed by atoms with Crippen molar-refractivity contribution >= 4 is 18.3 Å². The van der Waals surface area contributed by atoms with Crippen molar-refractivity contribution in [2.75, 3.05) is 26.2 Å². The molecule has 24 heavy (non-hydrogen) atoms. The molecule has 6 nitrogen and oxygen atoms in total. The van der Waals surface area contributed by atoms with E-state index in [4.69, 9.17) is 0 Å². The molecule has 2 aliphatic heterocycles. The second kappa shape index (κ2) is 7.83. The number of aromatic nitrogens is 3. The molecule has 0 saturated carbocycles. The summed E-state index contributed by atoms with van der Waals surface area (Å²) in [6.45, 7) is 10.2. The summed E-state index contributed by atoms with van der Waals surface area (Å²) in [4.78, 5) is 14.8. The van der Waals surface area contributed by atoms with E-state index in [1.54, 1.807) is 0 Å². The molecule has 0 aromatic carbocycles. The minimum Gasteiger partial charge on any atom is -0.337 e. The lowest BCUT2D eigenvalue weighted by atomic mass is 9.85. The average Bonchev–Trinajstić information content (AvgIpc) is 2.82. The van der Waals surface area contributed by atoms with Gasteiger partial charge in [0.05, 0.1) is 11.7 Å². The number of nitrogens with one attached hydrogen (secondary N) is 1. The number of halogens is 1. The fourth-order valence-electron chi connectivity index (χ4n) is 3.71. The number of rotatable bonds is 2. The first-order chi connectivity index (χ1) is 11.0. The number of piperidine rings is 1. The molecular formula is C17H30ClN5O. The van der Waals surface area contributed by atoms with Crippen LogP contribution in [0.4, 0.5) is 0 Å². The fourth-order valence-corrected chi connectivity index (χ4v) is 3.71. The largest absolute Gasteiger partial charge is 0.337 e. The molecule has 0 bridgehead atoms. The summed E-state index contributed by atoms with van der Waals surface area (Å²) in [5, 5.41) is 11.9. The molecular weight excluding hydrogens is 326 g/mol. The zero-order valence-electron chi connectivity index (χ0n) is 15.0. The van der Waals surface area contributed by atoms with Gasteiger partial charge in [0.1, 0.15) is 0 Å². The Bertz CT molecular complexity index is 565. The van der Waals surface area contributed by atoms with Crippen molar-refractivity contribution in [1.29, 1.82) is 0 Å². The topological polar surface area (TPSA) is 63.1 Å². The van der Waals surface area contributed by atoms with Crippen LogP contribution >= 0.6 is 12.4 Å². The van der Waals surface area contributed by atoms with E-state index in [0.717, 1.165) is 57.6 Å². The lowest BCUT2D eigenvalue weighted by molar-refractivity contribution is 0.0750. The van der Waals surface area contributed by atoms with Gasteiger partial charge in [0.25, 0.3) is 5.91 Å². The van der Waals surface area contributed by atoms with Crippen LogP contribution in [0.2, 0.25) is 0 Å². The van der Waals surface area contributed by atoms with Crippen LogP contribution in [0, 0.1) is 12.3 Å². The molecule has 3 heterocycles. The second-order valence-electron chi connectivity index (χ2n) is 7.76. The highest BCUT2D eigenvalue weighted by Gasteiger charge is 2.29. The lowest BCUT2D eigenvalue weighted by Gasteiger charge is -2.24. The van der Waals surface area contributed by atoms with E-state index in [-0.39, 0.29) is 18.3 Å². The molecule has 2 saturated heterocycles. The molecule has 2 fully saturated rings. The maximum Gasteiger partial charge on any atom is 0.276 e. The van der Waals surface area contributed by atoms with E-state index in [1.807, 2.05) is 16.5 Å². The Hall–Kier alpha value is -1.14. The average molecular weight is 356 g/mol. The molecule has 7 heteroatoms. The third-order valence-corrected chi connectivity index (χ3v) is 5.41. The van der Waals surface area contributed by atoms with Gasteiger partial charge in [-0.1, -0.05) is 19.1 Å². The maximum absolute atomic E-state index is 12.9. The van der Waals surface area contributed by atoms with Crippen molar-refractivity contribution in [3.8, 4) is 0 Å². The molecule has 1 amide bonds. The molecule has 1 aromatic heterocycles. The van der Waals surface area contributed by atoms with Gasteiger partial charge in [-0.05, 0) is 57.5 Å². The van der Waals surface area contributed by atoms with Crippen LogP contribution in [0.5, 0.6) is 0 Å². The van der Waals surface area contributed by atoms with Crippen LogP contribution in [0.3, 0.4) is 0 Å². The van der Waals surface area contributed by atoms with E-state index >= 15 is 0 Å². The van der Waals surface area contributed by atoms with Crippen LogP contribution < -0.4 is 5.32 Å². The van der Waals surface area contributed by atoms with Gasteiger partial charge < -0.3 is 10.2 Å². The number of amides is 1. The molecule has 0 atom stereocenters. The number of likely N-dealkylation sites (tertiary alicyclic amines) is 1. The highest BCUT2D eigenvalue weighted by atomic mass is 35.5. The number of carbonyl (C=O) groups is 1. The summed E-state index contributed by atoms with van der Waals surface area (Å²) < 4.78 is 1.97. The molecule has 0 unspecified atom stereocenters. The third kappa shape index (κ3) is 4.09. The van der Waals surface area contributed by atoms with Gasteiger partial charge in [0.15, 0.2) is 5.69 Å². The van der Waals surface area contributed by atoms with E-state index in [9.17, 15) is 4.79 Å². The molecule has 1 aromatic rings. The first kappa shape index (κ1) is 19.2. The van der Waals surface area contributed by atoms with Crippen molar-refractivity contribution in [2.24, 2.45) is 5.41 Å². The van der Waals surface area contributed by atoms with E-state index < -0.39 is 0 Å². The summed E-state index contributed by atoms with van der Waals surface area (Å²) in [6, 6.07) is 0.369. The van der Waals surface area contributed by atoms with Crippen molar-refractivity contribution in [3.63, 3.8) is 0 Å². The zero-order chi connectivity index (χ0) is 16.4. The Morgan fingerprint density at radius 3 is 2.62 bits per heavy atom. The van der Waals surface area contributed by atoms with Crippen molar-refractivity contribution < 1.29 is 4.79 Å². The summed E-state index contributed by atoms with van der Waals surface area (Å²) >= 11 is 0. The quantitative estimate of drug-likeness (QED) is 0.885. The minimum absolute atomic E-state index is 0. The number of nitrogens with zero attached hydrogens (tertiary/aromatic N) is 4. The summed E-state index contributed by atoms with van der Waals surface area (Å²) in [7, 11) is 0. The van der Waals surface area contributed by atoms with E-state index in [2.05, 4.69) is 29.5 Å². The highest BCUT2D eigenvalue weighted by molar-refractivity contribution is 5.93. The van der Waals surface area contributed by atoms with Gasteiger partial charge in [-0.25, -0.2) is 4.68 Å². The summed E-state index contributed by atoms with van der Waals surface area (Å²) in [5.41, 5.74) is 1.80. The van der Waals surface area contributed by atoms with Crippen molar-refractivity contribution in [1.82, 2.24) is 25.2 Å². The normalized spacial score (nSPS) is 21.9. The Morgan fingerprint density at radius 1 is 1.21 bits per heavy atom. The number of hydrogen-bond acceptors (Lipinski definition) is 4. The van der Waals surface area contributed by atoms with Crippen LogP contribution in [0.25, 0.3) is 0 Å². The second-order valence-corrected chi connectivity index (χ2v) is 7.76. The van der Waals surface area contributed by atoms with Crippen LogP contribution in [0.1, 0.15) is 68.2 Å². The Kier molecular flexibility index (Phi) is 6.26. The Labute approximate surface area is 150 Å². The predicted octanol–water partition coefficient (Wildman–Crippen LogP) is 2.59. The smallest absolute Gasteiger partial charge is 0.276 e. The summed E-state index contributed by atoms with van der Waals surface area (Å²) in [5.74, 6) is 0.0559. The van der Waals surface area contributed by atoms with Gasteiger partial charge in [-0.15, -0.1) is 17.5 Å². The molecule has 3 rings (SSSR count). The van der Waals surface area contributed by atoms with E-state index in [0.29, 0.717) is 17.2 Å². The SMILES string of the molecule is Cc1c(C(=O)N2CCCC(C)(C)CC2)nnn1C1CCNCC1.Cl. The lowest BCUT2D eigenvalue weighted by Crippen LogP contribution is -2.33. The Morgan fingerprint density at radius 2 is 1.92 bits per heavy atom. The van der Waals surface area contributed by atoms with Crippen LogP contribution in [-0.4, -0.2) is 52.0 Å². The minimum atomic E-state index is 0. The van der Waals surface area contributed by atoms with Gasteiger partial charge in [0.2, 0.25) is 0 Å². The molecule has 136 valence electrons. The van der Waals surface area contributed by atoms with Gasteiger partial charge >= 0.3 is 0 Å². The standard InChI is InChI=1S/C17H29N5O.ClH/c1-13-15(19-20-22(13)14-5-9-18-10-6-14)16(23)21-11-4-7-17(2,3)8-12-21;/h14,18H,4-12H2,1-3H3;1H. The third-order valence-electron chi connectivity index (χ3n) is 5.41. The van der Waals surface area contributed by atoms with Gasteiger partial charge in [-0.2, -0.15) is 0 Å². The first-order valence-electron chi connectivity index (χ1n) is 8.90. The van der Waals surface area contributed by atoms with Crippen molar-refractivity contribution in [3.05, 3.63) is 11.4 Å². The Balaban J connectivity index is 0.00000208. The number of carbonyl (C=O) groups excluding carboxylic acids is 1. The van der Waals surface area contributed by atoms with Gasteiger partial charge in [-0.3, -0.25) is 4.79 Å². The van der Waals surface area contributed by atoms with E-state index in [1.165, 1.54) is 6.42 Å². The molecule has 1 N–H and O–H groups in total. The molecule has 2 aliphatic rings. The molecule has 0 spiro atoms. The summed E-state index contributed by atoms with van der Waals surface area (Å²) in [6.07, 6.45) is 5.41. The predicted molar refractivity (Wildman–Crippen MR) is 96.7 cm³/mol. The van der Waals surface area contributed by atoms with Crippen LogP contribution in [0.15, 0.2) is 0 Å². The van der Waals surface area contributed by atoms with Crippen molar-refractivity contribution in [2.45, 2.75) is 58.9 Å². The first-order valence-corrected chi connectivity index (χ1v) is 8.90. The molecule has 0 radical (unpaired) electrons. The zero-order valence-corrected chi connectivity index (χ0v) is 15.9. The molecule has 0 aliphatic carbocycles. The fraction of sp³-hybridized carbons (Fsp3) is 0.824. The number of hydrogen-bond donors (Lipinski definition) is 1. The monoisotopic (exact) mass is 355 g/mol. The van der Waals surface area contributed by atoms with Crippen LogP contribution in [-0.2, 0) is 0 Å². The maximum atomic E-state index is 12.9. The highest BCUT2D eigenvalue weighted by Crippen LogP contribution is 2.30.